The van der Waals surface area contributed by atoms with Crippen LogP contribution >= 0.6 is 0 Å². The molecular formula is C21H22FNO6S. The number of sulfonamides is 1. The first-order chi connectivity index (χ1) is 14.3. The predicted octanol–water partition coefficient (Wildman–Crippen LogP) is 3.59. The molecule has 1 aromatic heterocycles. The molecule has 3 aromatic rings. The van der Waals surface area contributed by atoms with Gasteiger partial charge >= 0.3 is 5.97 Å². The first kappa shape index (κ1) is 21.8. The highest BCUT2D eigenvalue weighted by molar-refractivity contribution is 7.89. The van der Waals surface area contributed by atoms with E-state index in [2.05, 4.69) is 4.72 Å². The summed E-state index contributed by atoms with van der Waals surface area (Å²) in [5.41, 5.74) is 1.64. The topological polar surface area (TPSA) is 94.8 Å². The number of ether oxygens (including phenoxy) is 2. The van der Waals surface area contributed by atoms with Gasteiger partial charge in [0.2, 0.25) is 15.8 Å². The van der Waals surface area contributed by atoms with Crippen molar-refractivity contribution in [2.75, 3.05) is 20.3 Å². The van der Waals surface area contributed by atoms with Crippen LogP contribution in [0.15, 0.2) is 45.7 Å². The lowest BCUT2D eigenvalue weighted by molar-refractivity contribution is 0.0491. The van der Waals surface area contributed by atoms with Crippen LogP contribution in [0, 0.1) is 12.7 Å². The molecule has 30 heavy (non-hydrogen) atoms. The van der Waals surface area contributed by atoms with Gasteiger partial charge in [-0.3, -0.25) is 0 Å². The Balaban J connectivity index is 1.77. The fraction of sp³-hybridized carbons (Fsp3) is 0.286. The third-order valence-electron chi connectivity index (χ3n) is 4.60. The zero-order valence-corrected chi connectivity index (χ0v) is 17.6. The van der Waals surface area contributed by atoms with Gasteiger partial charge in [-0.05, 0) is 56.2 Å². The standard InChI is InChI=1S/C21H22FNO6S/c1-4-28-21(24)20-13(2)16-12-15(6-8-18(16)29-20)30(25,26)23-10-9-14-5-7-17(22)19(11-14)27-3/h5-8,11-12,23H,4,9-10H2,1-3H3. The summed E-state index contributed by atoms with van der Waals surface area (Å²) in [4.78, 5) is 12.0. The van der Waals surface area contributed by atoms with E-state index >= 15 is 0 Å². The molecule has 3 rings (SSSR count). The van der Waals surface area contributed by atoms with Crippen LogP contribution in [0.5, 0.6) is 5.75 Å². The molecule has 1 heterocycles. The lowest BCUT2D eigenvalue weighted by Crippen LogP contribution is -2.26. The van der Waals surface area contributed by atoms with Crippen molar-refractivity contribution in [2.45, 2.75) is 25.2 Å². The average Bonchev–Trinajstić information content (AvgIpc) is 3.05. The van der Waals surface area contributed by atoms with Crippen molar-refractivity contribution in [3.63, 3.8) is 0 Å². The highest BCUT2D eigenvalue weighted by Crippen LogP contribution is 2.28. The third kappa shape index (κ3) is 4.47. The maximum Gasteiger partial charge on any atom is 0.374 e. The van der Waals surface area contributed by atoms with Crippen molar-refractivity contribution < 1.29 is 31.5 Å². The molecule has 160 valence electrons. The molecule has 0 radical (unpaired) electrons. The fourth-order valence-corrected chi connectivity index (χ4v) is 4.09. The molecule has 1 N–H and O–H groups in total. The normalized spacial score (nSPS) is 11.6. The third-order valence-corrected chi connectivity index (χ3v) is 6.06. The lowest BCUT2D eigenvalue weighted by Gasteiger charge is -2.08. The van der Waals surface area contributed by atoms with Crippen LogP contribution < -0.4 is 9.46 Å². The summed E-state index contributed by atoms with van der Waals surface area (Å²) < 4.78 is 56.8. The molecule has 0 saturated heterocycles. The van der Waals surface area contributed by atoms with Crippen molar-refractivity contribution >= 4 is 27.0 Å². The first-order valence-corrected chi connectivity index (χ1v) is 10.8. The van der Waals surface area contributed by atoms with Crippen LogP contribution in [0.2, 0.25) is 0 Å². The summed E-state index contributed by atoms with van der Waals surface area (Å²) >= 11 is 0. The van der Waals surface area contributed by atoms with Gasteiger partial charge in [0.1, 0.15) is 5.58 Å². The molecule has 0 atom stereocenters. The van der Waals surface area contributed by atoms with Gasteiger partial charge in [0.25, 0.3) is 0 Å². The van der Waals surface area contributed by atoms with E-state index < -0.39 is 21.8 Å². The van der Waals surface area contributed by atoms with E-state index in [4.69, 9.17) is 13.9 Å². The minimum Gasteiger partial charge on any atom is -0.494 e. The van der Waals surface area contributed by atoms with Crippen molar-refractivity contribution in [2.24, 2.45) is 0 Å². The summed E-state index contributed by atoms with van der Waals surface area (Å²) in [5, 5.41) is 0.518. The van der Waals surface area contributed by atoms with E-state index in [-0.39, 0.29) is 29.6 Å². The van der Waals surface area contributed by atoms with Crippen LogP contribution in [0.1, 0.15) is 28.6 Å². The second kappa shape index (κ2) is 8.85. The van der Waals surface area contributed by atoms with E-state index in [1.807, 2.05) is 0 Å². The van der Waals surface area contributed by atoms with Crippen molar-refractivity contribution in [3.8, 4) is 5.75 Å². The second-order valence-corrected chi connectivity index (χ2v) is 8.32. The van der Waals surface area contributed by atoms with Crippen LogP contribution in [-0.4, -0.2) is 34.6 Å². The van der Waals surface area contributed by atoms with Crippen LogP contribution in [0.3, 0.4) is 0 Å². The van der Waals surface area contributed by atoms with Crippen LogP contribution in [0.4, 0.5) is 4.39 Å². The molecule has 0 bridgehead atoms. The van der Waals surface area contributed by atoms with Crippen molar-refractivity contribution in [1.82, 2.24) is 4.72 Å². The Labute approximate surface area is 173 Å². The Morgan fingerprint density at radius 1 is 1.20 bits per heavy atom. The SMILES string of the molecule is CCOC(=O)c1oc2ccc(S(=O)(=O)NCCc3ccc(F)c(OC)c3)cc2c1C. The number of hydrogen-bond acceptors (Lipinski definition) is 6. The number of esters is 1. The highest BCUT2D eigenvalue weighted by atomic mass is 32.2. The smallest absolute Gasteiger partial charge is 0.374 e. The number of nitrogens with one attached hydrogen (secondary N) is 1. The highest BCUT2D eigenvalue weighted by Gasteiger charge is 2.21. The van der Waals surface area contributed by atoms with Crippen LogP contribution in [-0.2, 0) is 21.2 Å². The van der Waals surface area contributed by atoms with E-state index in [1.165, 1.54) is 37.4 Å². The molecule has 0 unspecified atom stereocenters. The molecular weight excluding hydrogens is 413 g/mol. The van der Waals surface area contributed by atoms with Gasteiger partial charge in [0.05, 0.1) is 18.6 Å². The molecule has 0 spiro atoms. The number of hydrogen-bond donors (Lipinski definition) is 1. The number of aryl methyl sites for hydroxylation is 1. The summed E-state index contributed by atoms with van der Waals surface area (Å²) in [6.45, 7) is 3.69. The Bertz CT molecular complexity index is 1190. The molecule has 0 aliphatic rings. The van der Waals surface area contributed by atoms with Gasteiger partial charge in [0, 0.05) is 17.5 Å². The Morgan fingerprint density at radius 2 is 1.97 bits per heavy atom. The zero-order valence-electron chi connectivity index (χ0n) is 16.8. The van der Waals surface area contributed by atoms with Gasteiger partial charge in [-0.2, -0.15) is 0 Å². The number of methoxy groups -OCH3 is 1. The molecule has 7 nitrogen and oxygen atoms in total. The molecule has 0 amide bonds. The number of furan rings is 1. The van der Waals surface area contributed by atoms with E-state index in [1.54, 1.807) is 19.9 Å². The number of fused-ring (bicyclic) bond motifs is 1. The Kier molecular flexibility index (Phi) is 6.42. The molecule has 0 aliphatic carbocycles. The summed E-state index contributed by atoms with van der Waals surface area (Å²) in [5.74, 6) is -0.912. The fourth-order valence-electron chi connectivity index (χ4n) is 3.03. The van der Waals surface area contributed by atoms with Gasteiger partial charge in [-0.15, -0.1) is 0 Å². The predicted molar refractivity (Wildman–Crippen MR) is 109 cm³/mol. The molecule has 0 aliphatic heterocycles. The number of carbonyl (C=O) groups is 1. The summed E-state index contributed by atoms with van der Waals surface area (Å²) in [6.07, 6.45) is 0.357. The van der Waals surface area contributed by atoms with Gasteiger partial charge in [-0.25, -0.2) is 22.3 Å². The van der Waals surface area contributed by atoms with E-state index in [0.29, 0.717) is 23.0 Å². The average molecular weight is 435 g/mol. The number of benzene rings is 2. The maximum absolute atomic E-state index is 13.5. The number of halogens is 1. The maximum atomic E-state index is 13.5. The quantitative estimate of drug-likeness (QED) is 0.544. The molecule has 0 fully saturated rings. The minimum absolute atomic E-state index is 0.0472. The van der Waals surface area contributed by atoms with Gasteiger partial charge < -0.3 is 13.9 Å². The number of rotatable bonds is 8. The monoisotopic (exact) mass is 435 g/mol. The summed E-state index contributed by atoms with van der Waals surface area (Å²) in [7, 11) is -2.43. The van der Waals surface area contributed by atoms with Crippen molar-refractivity contribution in [1.29, 1.82) is 0 Å². The Morgan fingerprint density at radius 3 is 2.67 bits per heavy atom. The summed E-state index contributed by atoms with van der Waals surface area (Å²) in [6, 6.07) is 8.75. The minimum atomic E-state index is -3.80. The van der Waals surface area contributed by atoms with Crippen LogP contribution in [0.25, 0.3) is 11.0 Å². The largest absolute Gasteiger partial charge is 0.494 e. The molecule has 2 aromatic carbocycles. The van der Waals surface area contributed by atoms with Gasteiger partial charge in [0.15, 0.2) is 11.6 Å². The number of carbonyl (C=O) groups excluding carboxylic acids is 1. The lowest BCUT2D eigenvalue weighted by atomic mass is 10.1. The van der Waals surface area contributed by atoms with E-state index in [0.717, 1.165) is 5.56 Å². The molecule has 0 saturated carbocycles. The first-order valence-electron chi connectivity index (χ1n) is 9.29. The van der Waals surface area contributed by atoms with Crippen molar-refractivity contribution in [3.05, 3.63) is 59.1 Å². The Hall–Kier alpha value is -2.91. The molecule has 9 heteroatoms. The second-order valence-electron chi connectivity index (χ2n) is 6.55. The van der Waals surface area contributed by atoms with Gasteiger partial charge in [-0.1, -0.05) is 6.07 Å². The van der Waals surface area contributed by atoms with E-state index in [9.17, 15) is 17.6 Å². The zero-order chi connectivity index (χ0) is 21.9.